The normalized spacial score (nSPS) is 10.7. The minimum absolute atomic E-state index is 0.0977. The number of nitrogens with one attached hydrogen (secondary N) is 1. The highest BCUT2D eigenvalue weighted by atomic mass is 35.5. The zero-order chi connectivity index (χ0) is 16.1. The van der Waals surface area contributed by atoms with E-state index in [0.29, 0.717) is 5.13 Å². The van der Waals surface area contributed by atoms with Crippen molar-refractivity contribution in [3.8, 4) is 0 Å². The first-order chi connectivity index (χ1) is 11.2. The van der Waals surface area contributed by atoms with E-state index in [-0.39, 0.29) is 12.3 Å². The average Bonchev–Trinajstić information content (AvgIpc) is 3.19. The molecule has 0 aliphatic carbocycles. The molecule has 23 heavy (non-hydrogen) atoms. The van der Waals surface area contributed by atoms with Gasteiger partial charge in [0, 0.05) is 27.7 Å². The summed E-state index contributed by atoms with van der Waals surface area (Å²) in [5.74, 6) is 0.731. The van der Waals surface area contributed by atoms with Crippen LogP contribution in [0.15, 0.2) is 45.6 Å². The highest BCUT2D eigenvalue weighted by Crippen LogP contribution is 2.27. The monoisotopic (exact) mass is 381 g/mol. The maximum Gasteiger partial charge on any atom is 0.232 e. The Morgan fingerprint density at radius 2 is 2.09 bits per heavy atom. The van der Waals surface area contributed by atoms with Crippen LogP contribution in [0.2, 0.25) is 5.02 Å². The van der Waals surface area contributed by atoms with Crippen LogP contribution in [0.3, 0.4) is 0 Å². The molecule has 0 saturated heterocycles. The predicted molar refractivity (Wildman–Crippen MR) is 97.6 cm³/mol. The topological polar surface area (TPSA) is 54.9 Å². The van der Waals surface area contributed by atoms with E-state index in [4.69, 9.17) is 11.6 Å². The number of carbonyl (C=O) groups is 1. The van der Waals surface area contributed by atoms with Crippen LogP contribution in [-0.2, 0) is 17.0 Å². The zero-order valence-corrected chi connectivity index (χ0v) is 15.1. The predicted octanol–water partition coefficient (Wildman–Crippen LogP) is 4.73. The first-order valence-electron chi connectivity index (χ1n) is 6.70. The molecule has 1 N–H and O–H groups in total. The van der Waals surface area contributed by atoms with Crippen molar-refractivity contribution in [2.24, 2.45) is 0 Å². The third-order valence-corrected chi connectivity index (χ3v) is 5.91. The van der Waals surface area contributed by atoms with E-state index in [1.165, 1.54) is 16.9 Å². The molecule has 0 aliphatic rings. The number of anilines is 1. The van der Waals surface area contributed by atoms with Crippen LogP contribution in [0.1, 0.15) is 11.3 Å². The lowest BCUT2D eigenvalue weighted by Gasteiger charge is -2.00. The summed E-state index contributed by atoms with van der Waals surface area (Å²) in [6.07, 6.45) is 1.92. The van der Waals surface area contributed by atoms with Crippen LogP contribution in [0, 0.1) is 0 Å². The SMILES string of the molecule is O=C(Cc1csc(SCc2ccc(Cl)cc2)n1)Nc1nccs1. The maximum atomic E-state index is 11.9. The Kier molecular flexibility index (Phi) is 5.66. The molecule has 0 spiro atoms. The largest absolute Gasteiger partial charge is 0.302 e. The lowest BCUT2D eigenvalue weighted by molar-refractivity contribution is -0.115. The van der Waals surface area contributed by atoms with Crippen molar-refractivity contribution in [2.75, 3.05) is 5.32 Å². The molecule has 4 nitrogen and oxygen atoms in total. The Labute approximate surface area is 150 Å². The molecule has 1 amide bonds. The summed E-state index contributed by atoms with van der Waals surface area (Å²) in [4.78, 5) is 20.4. The van der Waals surface area contributed by atoms with Crippen LogP contribution in [0.25, 0.3) is 0 Å². The van der Waals surface area contributed by atoms with Crippen molar-refractivity contribution in [2.45, 2.75) is 16.5 Å². The third kappa shape index (κ3) is 5.04. The van der Waals surface area contributed by atoms with Gasteiger partial charge in [0.1, 0.15) is 4.34 Å². The Bertz CT molecular complexity index is 772. The molecular formula is C15H12ClN3OS3. The van der Waals surface area contributed by atoms with Crippen molar-refractivity contribution >= 4 is 57.1 Å². The summed E-state index contributed by atoms with van der Waals surface area (Å²) in [7, 11) is 0. The van der Waals surface area contributed by atoms with Gasteiger partial charge in [-0.3, -0.25) is 4.79 Å². The fraction of sp³-hybridized carbons (Fsp3) is 0.133. The van der Waals surface area contributed by atoms with E-state index in [0.717, 1.165) is 20.8 Å². The molecule has 0 radical (unpaired) electrons. The Morgan fingerprint density at radius 3 is 2.83 bits per heavy atom. The van der Waals surface area contributed by atoms with Gasteiger partial charge in [0.05, 0.1) is 12.1 Å². The summed E-state index contributed by atoms with van der Waals surface area (Å²) >= 11 is 10.5. The number of nitrogens with zero attached hydrogens (tertiary/aromatic N) is 2. The average molecular weight is 382 g/mol. The smallest absolute Gasteiger partial charge is 0.232 e. The number of thiazole rings is 2. The Morgan fingerprint density at radius 1 is 1.26 bits per heavy atom. The van der Waals surface area contributed by atoms with E-state index in [1.54, 1.807) is 29.3 Å². The molecule has 2 heterocycles. The number of halogens is 1. The van der Waals surface area contributed by atoms with Gasteiger partial charge in [0.25, 0.3) is 0 Å². The van der Waals surface area contributed by atoms with E-state index >= 15 is 0 Å². The molecule has 0 atom stereocenters. The molecule has 0 saturated carbocycles. The van der Waals surface area contributed by atoms with Crippen molar-refractivity contribution in [3.05, 3.63) is 57.5 Å². The Balaban J connectivity index is 1.51. The molecule has 0 unspecified atom stereocenters. The maximum absolute atomic E-state index is 11.9. The molecule has 118 valence electrons. The fourth-order valence-electron chi connectivity index (χ4n) is 1.77. The van der Waals surface area contributed by atoms with Gasteiger partial charge in [0.2, 0.25) is 5.91 Å². The van der Waals surface area contributed by atoms with E-state index < -0.39 is 0 Å². The highest BCUT2D eigenvalue weighted by Gasteiger charge is 2.09. The van der Waals surface area contributed by atoms with Crippen LogP contribution < -0.4 is 5.32 Å². The summed E-state index contributed by atoms with van der Waals surface area (Å²) in [5, 5.41) is 7.85. The number of aromatic nitrogens is 2. The van der Waals surface area contributed by atoms with Crippen LogP contribution in [0.4, 0.5) is 5.13 Å². The molecule has 1 aromatic carbocycles. The van der Waals surface area contributed by atoms with Gasteiger partial charge in [-0.15, -0.1) is 22.7 Å². The minimum atomic E-state index is -0.0977. The van der Waals surface area contributed by atoms with Crippen molar-refractivity contribution < 1.29 is 4.79 Å². The highest BCUT2D eigenvalue weighted by molar-refractivity contribution is 8.00. The van der Waals surface area contributed by atoms with Crippen molar-refractivity contribution in [1.82, 2.24) is 9.97 Å². The van der Waals surface area contributed by atoms with Gasteiger partial charge in [-0.1, -0.05) is 35.5 Å². The molecule has 0 aliphatic heterocycles. The van der Waals surface area contributed by atoms with Crippen molar-refractivity contribution in [1.29, 1.82) is 0 Å². The number of carbonyl (C=O) groups excluding carboxylic acids is 1. The van der Waals surface area contributed by atoms with Crippen LogP contribution >= 0.6 is 46.0 Å². The molecule has 0 fully saturated rings. The molecule has 2 aromatic heterocycles. The van der Waals surface area contributed by atoms with Crippen LogP contribution in [-0.4, -0.2) is 15.9 Å². The first kappa shape index (κ1) is 16.4. The van der Waals surface area contributed by atoms with Crippen molar-refractivity contribution in [3.63, 3.8) is 0 Å². The van der Waals surface area contributed by atoms with Gasteiger partial charge in [-0.05, 0) is 17.7 Å². The standard InChI is InChI=1S/C15H12ClN3OS3/c16-11-3-1-10(2-4-11)8-22-15-18-12(9-23-15)7-13(20)19-14-17-5-6-21-14/h1-6,9H,7-8H2,(H,17,19,20). The van der Waals surface area contributed by atoms with E-state index in [1.807, 2.05) is 35.0 Å². The van der Waals surface area contributed by atoms with Gasteiger partial charge in [0.15, 0.2) is 5.13 Å². The van der Waals surface area contributed by atoms with Gasteiger partial charge in [-0.2, -0.15) is 0 Å². The quantitative estimate of drug-likeness (QED) is 0.627. The number of rotatable bonds is 6. The number of amides is 1. The lowest BCUT2D eigenvalue weighted by atomic mass is 10.2. The molecule has 0 bridgehead atoms. The first-order valence-corrected chi connectivity index (χ1v) is 9.82. The second-order valence-electron chi connectivity index (χ2n) is 4.58. The molecule has 3 aromatic rings. The summed E-state index contributed by atoms with van der Waals surface area (Å²) in [5.41, 5.74) is 1.97. The number of thioether (sulfide) groups is 1. The number of benzene rings is 1. The van der Waals surface area contributed by atoms with E-state index in [9.17, 15) is 4.79 Å². The summed E-state index contributed by atoms with van der Waals surface area (Å²) in [6, 6.07) is 7.78. The van der Waals surface area contributed by atoms with E-state index in [2.05, 4.69) is 15.3 Å². The zero-order valence-electron chi connectivity index (χ0n) is 11.9. The second-order valence-corrected chi connectivity index (χ2v) is 7.99. The summed E-state index contributed by atoms with van der Waals surface area (Å²) < 4.78 is 0.956. The lowest BCUT2D eigenvalue weighted by Crippen LogP contribution is -2.14. The number of hydrogen-bond acceptors (Lipinski definition) is 6. The molecular weight excluding hydrogens is 370 g/mol. The molecule has 8 heteroatoms. The molecule has 3 rings (SSSR count). The fourth-order valence-corrected chi connectivity index (χ4v) is 4.25. The Hall–Kier alpha value is -1.41. The van der Waals surface area contributed by atoms with Gasteiger partial charge >= 0.3 is 0 Å². The number of hydrogen-bond donors (Lipinski definition) is 1. The minimum Gasteiger partial charge on any atom is -0.302 e. The third-order valence-electron chi connectivity index (χ3n) is 2.83. The van der Waals surface area contributed by atoms with Gasteiger partial charge in [-0.25, -0.2) is 9.97 Å². The van der Waals surface area contributed by atoms with Crippen LogP contribution in [0.5, 0.6) is 0 Å². The second kappa shape index (κ2) is 7.92. The summed E-state index contributed by atoms with van der Waals surface area (Å²) in [6.45, 7) is 0. The van der Waals surface area contributed by atoms with Gasteiger partial charge < -0.3 is 5.32 Å².